The topological polar surface area (TPSA) is 84.3 Å². The third-order valence-corrected chi connectivity index (χ3v) is 6.96. The van der Waals surface area contributed by atoms with Gasteiger partial charge >= 0.3 is 0 Å². The first-order valence-corrected chi connectivity index (χ1v) is 11.5. The van der Waals surface area contributed by atoms with Gasteiger partial charge in [0.1, 0.15) is 11.4 Å². The highest BCUT2D eigenvalue weighted by Gasteiger charge is 2.30. The van der Waals surface area contributed by atoms with Gasteiger partial charge in [-0.1, -0.05) is 29.8 Å². The zero-order valence-corrected chi connectivity index (χ0v) is 19.1. The van der Waals surface area contributed by atoms with Gasteiger partial charge in [-0.15, -0.1) is 0 Å². The summed E-state index contributed by atoms with van der Waals surface area (Å²) in [7, 11) is -3.65. The van der Waals surface area contributed by atoms with Crippen LogP contribution in [0.5, 0.6) is 0 Å². The summed E-state index contributed by atoms with van der Waals surface area (Å²) in [6.45, 7) is 8.13. The molecule has 2 aromatic rings. The molecule has 0 bridgehead atoms. The van der Waals surface area contributed by atoms with E-state index in [0.29, 0.717) is 30.2 Å². The number of rotatable bonds is 9. The lowest BCUT2D eigenvalue weighted by molar-refractivity contribution is -0.116. The lowest BCUT2D eigenvalue weighted by Gasteiger charge is -2.21. The first-order valence-electron chi connectivity index (χ1n) is 9.30. The highest BCUT2D eigenvalue weighted by atomic mass is 79.9. The summed E-state index contributed by atoms with van der Waals surface area (Å²) in [4.78, 5) is 12.6. The predicted octanol–water partition coefficient (Wildman–Crippen LogP) is 3.71. The Morgan fingerprint density at radius 3 is 2.25 bits per heavy atom. The molecule has 9 heteroatoms. The number of anilines is 1. The van der Waals surface area contributed by atoms with Gasteiger partial charge < -0.3 is 5.32 Å². The molecule has 1 N–H and O–H groups in total. The maximum Gasteiger partial charge on any atom is 0.246 e. The first-order chi connectivity index (χ1) is 13.2. The highest BCUT2D eigenvalue weighted by Crippen LogP contribution is 2.24. The molecule has 1 heterocycles. The summed E-state index contributed by atoms with van der Waals surface area (Å²) < 4.78 is 30.2. The molecule has 2 rings (SSSR count). The summed E-state index contributed by atoms with van der Waals surface area (Å²) in [6.07, 6.45) is 1.47. The van der Waals surface area contributed by atoms with Crippen molar-refractivity contribution in [3.05, 3.63) is 40.1 Å². The Morgan fingerprint density at radius 1 is 1.14 bits per heavy atom. The van der Waals surface area contributed by atoms with Crippen LogP contribution in [0.2, 0.25) is 0 Å². The Kier molecular flexibility index (Phi) is 7.79. The van der Waals surface area contributed by atoms with E-state index in [1.807, 2.05) is 26.0 Å². The number of aromatic nitrogens is 2. The van der Waals surface area contributed by atoms with E-state index in [9.17, 15) is 13.2 Å². The second-order valence-electron chi connectivity index (χ2n) is 6.62. The fraction of sp³-hybridized carbons (Fsp3) is 0.474. The SMILES string of the molecule is CCCN(CCC)S(=O)(=O)c1c(C)nn(CC(=O)Nc2ccc(Br)cc2)c1C. The third kappa shape index (κ3) is 5.21. The number of aryl methyl sites for hydroxylation is 1. The number of sulfonamides is 1. The van der Waals surface area contributed by atoms with Crippen molar-refractivity contribution in [3.8, 4) is 0 Å². The van der Waals surface area contributed by atoms with Crippen LogP contribution in [0.4, 0.5) is 5.69 Å². The van der Waals surface area contributed by atoms with E-state index in [-0.39, 0.29) is 17.3 Å². The fourth-order valence-electron chi connectivity index (χ4n) is 3.06. The number of carbonyl (C=O) groups excluding carboxylic acids is 1. The van der Waals surface area contributed by atoms with Crippen LogP contribution in [0, 0.1) is 13.8 Å². The van der Waals surface area contributed by atoms with Crippen molar-refractivity contribution in [2.24, 2.45) is 0 Å². The molecule has 7 nitrogen and oxygen atoms in total. The number of hydrogen-bond donors (Lipinski definition) is 1. The Balaban J connectivity index is 2.24. The molecule has 0 aliphatic heterocycles. The largest absolute Gasteiger partial charge is 0.324 e. The van der Waals surface area contributed by atoms with Crippen LogP contribution in [0.25, 0.3) is 0 Å². The molecule has 0 fully saturated rings. The second kappa shape index (κ2) is 9.67. The van der Waals surface area contributed by atoms with Crippen molar-refractivity contribution in [2.45, 2.75) is 52.0 Å². The predicted molar refractivity (Wildman–Crippen MR) is 114 cm³/mol. The van der Waals surface area contributed by atoms with Crippen LogP contribution in [0.3, 0.4) is 0 Å². The van der Waals surface area contributed by atoms with Crippen LogP contribution in [-0.4, -0.2) is 41.5 Å². The van der Waals surface area contributed by atoms with Gasteiger partial charge in [-0.05, 0) is 51.0 Å². The fourth-order valence-corrected chi connectivity index (χ4v) is 5.32. The standard InChI is InChI=1S/C19H27BrN4O3S/c1-5-11-23(12-6-2)28(26,27)19-14(3)22-24(15(19)4)13-18(25)21-17-9-7-16(20)8-10-17/h7-10H,5-6,11-13H2,1-4H3,(H,21,25). The van der Waals surface area contributed by atoms with Crippen LogP contribution in [-0.2, 0) is 21.4 Å². The average Bonchev–Trinajstić information content (AvgIpc) is 2.90. The van der Waals surface area contributed by atoms with Gasteiger partial charge in [0.25, 0.3) is 0 Å². The van der Waals surface area contributed by atoms with Crippen molar-refractivity contribution >= 4 is 37.5 Å². The molecule has 0 saturated heterocycles. The summed E-state index contributed by atoms with van der Waals surface area (Å²) in [6, 6.07) is 7.23. The zero-order chi connectivity index (χ0) is 20.9. The molecule has 1 amide bonds. The van der Waals surface area contributed by atoms with Crippen molar-refractivity contribution in [3.63, 3.8) is 0 Å². The average molecular weight is 471 g/mol. The quantitative estimate of drug-likeness (QED) is 0.605. The molecule has 0 aliphatic rings. The number of benzene rings is 1. The van der Waals surface area contributed by atoms with Gasteiger partial charge in [0, 0.05) is 23.2 Å². The lowest BCUT2D eigenvalue weighted by Crippen LogP contribution is -2.33. The lowest BCUT2D eigenvalue weighted by atomic mass is 10.3. The smallest absolute Gasteiger partial charge is 0.246 e. The second-order valence-corrected chi connectivity index (χ2v) is 9.41. The number of nitrogens with one attached hydrogen (secondary N) is 1. The van der Waals surface area contributed by atoms with Crippen LogP contribution in [0.15, 0.2) is 33.6 Å². The van der Waals surface area contributed by atoms with E-state index in [1.165, 1.54) is 8.99 Å². The number of nitrogens with zero attached hydrogens (tertiary/aromatic N) is 3. The molecule has 0 unspecified atom stereocenters. The normalized spacial score (nSPS) is 11.8. The Morgan fingerprint density at radius 2 is 1.71 bits per heavy atom. The number of halogens is 1. The zero-order valence-electron chi connectivity index (χ0n) is 16.7. The third-order valence-electron chi connectivity index (χ3n) is 4.28. The molecule has 1 aromatic carbocycles. The summed E-state index contributed by atoms with van der Waals surface area (Å²) in [5.41, 5.74) is 1.55. The summed E-state index contributed by atoms with van der Waals surface area (Å²) >= 11 is 3.35. The Bertz CT molecular complexity index is 917. The van der Waals surface area contributed by atoms with Crippen LogP contribution >= 0.6 is 15.9 Å². The summed E-state index contributed by atoms with van der Waals surface area (Å²) in [5, 5.41) is 7.11. The molecule has 0 aliphatic carbocycles. The molecule has 0 radical (unpaired) electrons. The molecule has 0 saturated carbocycles. The van der Waals surface area contributed by atoms with E-state index in [0.717, 1.165) is 17.3 Å². The van der Waals surface area contributed by atoms with Crippen molar-refractivity contribution in [1.82, 2.24) is 14.1 Å². The van der Waals surface area contributed by atoms with Gasteiger partial charge in [-0.2, -0.15) is 9.40 Å². The molecule has 154 valence electrons. The summed E-state index contributed by atoms with van der Waals surface area (Å²) in [5.74, 6) is -0.268. The molecule has 28 heavy (non-hydrogen) atoms. The Hall–Kier alpha value is -1.71. The van der Waals surface area contributed by atoms with Crippen molar-refractivity contribution in [1.29, 1.82) is 0 Å². The van der Waals surface area contributed by atoms with E-state index in [1.54, 1.807) is 26.0 Å². The first kappa shape index (κ1) is 22.6. The Labute approximate surface area is 175 Å². The molecule has 1 aromatic heterocycles. The maximum absolute atomic E-state index is 13.1. The van der Waals surface area contributed by atoms with Crippen LogP contribution in [0.1, 0.15) is 38.1 Å². The minimum Gasteiger partial charge on any atom is -0.324 e. The number of hydrogen-bond acceptors (Lipinski definition) is 4. The highest BCUT2D eigenvalue weighted by molar-refractivity contribution is 9.10. The van der Waals surface area contributed by atoms with E-state index < -0.39 is 10.0 Å². The van der Waals surface area contributed by atoms with Crippen LogP contribution < -0.4 is 5.32 Å². The number of carbonyl (C=O) groups is 1. The van der Waals surface area contributed by atoms with Gasteiger partial charge in [-0.3, -0.25) is 9.48 Å². The van der Waals surface area contributed by atoms with Crippen molar-refractivity contribution in [2.75, 3.05) is 18.4 Å². The number of amides is 1. The van der Waals surface area contributed by atoms with E-state index in [2.05, 4.69) is 26.3 Å². The molecular weight excluding hydrogens is 444 g/mol. The molecule has 0 spiro atoms. The van der Waals surface area contributed by atoms with E-state index >= 15 is 0 Å². The maximum atomic E-state index is 13.1. The van der Waals surface area contributed by atoms with Crippen molar-refractivity contribution < 1.29 is 13.2 Å². The van der Waals surface area contributed by atoms with Gasteiger partial charge in [0.15, 0.2) is 0 Å². The van der Waals surface area contributed by atoms with Gasteiger partial charge in [-0.25, -0.2) is 8.42 Å². The molecular formula is C19H27BrN4O3S. The van der Waals surface area contributed by atoms with E-state index in [4.69, 9.17) is 0 Å². The van der Waals surface area contributed by atoms with Gasteiger partial charge in [0.2, 0.25) is 15.9 Å². The minimum atomic E-state index is -3.65. The monoisotopic (exact) mass is 470 g/mol. The minimum absolute atomic E-state index is 0.0557. The molecule has 0 atom stereocenters. The van der Waals surface area contributed by atoms with Gasteiger partial charge in [0.05, 0.1) is 11.4 Å².